The van der Waals surface area contributed by atoms with Gasteiger partial charge in [0.2, 0.25) is 0 Å². The van der Waals surface area contributed by atoms with Crippen LogP contribution in [0.3, 0.4) is 0 Å². The Morgan fingerprint density at radius 3 is 2.89 bits per heavy atom. The Labute approximate surface area is 164 Å². The second kappa shape index (κ2) is 6.41. The van der Waals surface area contributed by atoms with Crippen molar-refractivity contribution in [2.45, 2.75) is 38.8 Å². The lowest BCUT2D eigenvalue weighted by Gasteiger charge is -2.36. The lowest BCUT2D eigenvalue weighted by molar-refractivity contribution is 0.0965. The highest BCUT2D eigenvalue weighted by molar-refractivity contribution is 6.09. The minimum Gasteiger partial charge on any atom is -0.306 e. The van der Waals surface area contributed by atoms with Crippen LogP contribution in [0.25, 0.3) is 11.0 Å². The van der Waals surface area contributed by atoms with E-state index < -0.39 is 0 Å². The number of piperidine rings is 1. The first-order valence-electron chi connectivity index (χ1n) is 10.0. The summed E-state index contributed by atoms with van der Waals surface area (Å²) in [4.78, 5) is 18.0. The van der Waals surface area contributed by atoms with Crippen molar-refractivity contribution in [1.29, 1.82) is 0 Å². The molecule has 0 bridgehead atoms. The first kappa shape index (κ1) is 17.4. The molecule has 1 aromatic heterocycles. The second-order valence-corrected chi connectivity index (χ2v) is 8.07. The molecule has 0 radical (unpaired) electrons. The van der Waals surface area contributed by atoms with Crippen LogP contribution >= 0.6 is 0 Å². The molecule has 0 spiro atoms. The molecule has 28 heavy (non-hydrogen) atoms. The summed E-state index contributed by atoms with van der Waals surface area (Å²) >= 11 is 0. The highest BCUT2D eigenvalue weighted by atomic mass is 16.2. The molecule has 6 nitrogen and oxygen atoms in total. The summed E-state index contributed by atoms with van der Waals surface area (Å²) in [6, 6.07) is 12.5. The minimum absolute atomic E-state index is 0.0649. The highest BCUT2D eigenvalue weighted by Crippen LogP contribution is 2.45. The van der Waals surface area contributed by atoms with Gasteiger partial charge in [-0.3, -0.25) is 4.79 Å². The van der Waals surface area contributed by atoms with E-state index in [0.717, 1.165) is 42.8 Å². The first-order valence-corrected chi connectivity index (χ1v) is 10.0. The maximum Gasteiger partial charge on any atom is 0.258 e. The molecular weight excluding hydrogens is 350 g/mol. The van der Waals surface area contributed by atoms with Crippen LogP contribution in [0.2, 0.25) is 0 Å². The second-order valence-electron chi connectivity index (χ2n) is 8.07. The van der Waals surface area contributed by atoms with Gasteiger partial charge in [0.25, 0.3) is 5.91 Å². The van der Waals surface area contributed by atoms with E-state index in [0.29, 0.717) is 11.5 Å². The molecule has 2 unspecified atom stereocenters. The number of aromatic nitrogens is 3. The zero-order valence-electron chi connectivity index (χ0n) is 16.6. The van der Waals surface area contributed by atoms with Gasteiger partial charge < -0.3 is 9.80 Å². The van der Waals surface area contributed by atoms with Crippen LogP contribution in [-0.4, -0.2) is 52.0 Å². The number of hydrogen-bond donors (Lipinski definition) is 0. The highest BCUT2D eigenvalue weighted by Gasteiger charge is 2.44. The van der Waals surface area contributed by atoms with Gasteiger partial charge in [0.05, 0.1) is 5.52 Å². The molecule has 2 atom stereocenters. The SMILES string of the molecule is CCn1nnc2cc(C(=O)N3c4ccc(C)cc4C4CN(C)CCC43)ccc21. The van der Waals surface area contributed by atoms with Crippen LogP contribution in [0.1, 0.15) is 40.7 Å². The maximum atomic E-state index is 13.6. The molecule has 2 aromatic carbocycles. The molecule has 0 N–H and O–H groups in total. The van der Waals surface area contributed by atoms with Crippen molar-refractivity contribution in [2.24, 2.45) is 0 Å². The average molecular weight is 375 g/mol. The van der Waals surface area contributed by atoms with Gasteiger partial charge in [-0.1, -0.05) is 22.9 Å². The van der Waals surface area contributed by atoms with Crippen LogP contribution in [0.5, 0.6) is 0 Å². The zero-order chi connectivity index (χ0) is 19.4. The van der Waals surface area contributed by atoms with Crippen molar-refractivity contribution in [3.05, 3.63) is 53.1 Å². The summed E-state index contributed by atoms with van der Waals surface area (Å²) in [5.41, 5.74) is 6.05. The topological polar surface area (TPSA) is 54.3 Å². The third kappa shape index (κ3) is 2.55. The summed E-state index contributed by atoms with van der Waals surface area (Å²) in [6.07, 6.45) is 0.995. The average Bonchev–Trinajstić information content (AvgIpc) is 3.25. The minimum atomic E-state index is 0.0649. The molecule has 1 fully saturated rings. The number of likely N-dealkylation sites (N-methyl/N-ethyl adjacent to an activating group) is 1. The van der Waals surface area contributed by atoms with Gasteiger partial charge in [0, 0.05) is 36.3 Å². The van der Waals surface area contributed by atoms with Crippen molar-refractivity contribution in [1.82, 2.24) is 19.9 Å². The Balaban J connectivity index is 1.57. The number of hydrogen-bond acceptors (Lipinski definition) is 4. The number of aryl methyl sites for hydroxylation is 2. The quantitative estimate of drug-likeness (QED) is 0.690. The Morgan fingerprint density at radius 2 is 2.07 bits per heavy atom. The molecule has 144 valence electrons. The fraction of sp³-hybridized carbons (Fsp3) is 0.409. The van der Waals surface area contributed by atoms with Crippen LogP contribution in [0.4, 0.5) is 5.69 Å². The van der Waals surface area contributed by atoms with E-state index in [1.54, 1.807) is 0 Å². The molecule has 0 aliphatic carbocycles. The van der Waals surface area contributed by atoms with Crippen molar-refractivity contribution >= 4 is 22.6 Å². The standard InChI is InChI=1S/C22H25N5O/c1-4-26-21-8-6-15(12-18(21)23-24-26)22(28)27-19-7-5-14(2)11-16(19)17-13-25(3)10-9-20(17)27/h5-8,11-12,17,20H,4,9-10,13H2,1-3H3. The van der Waals surface area contributed by atoms with Crippen LogP contribution < -0.4 is 4.90 Å². The van der Waals surface area contributed by atoms with Gasteiger partial charge in [-0.25, -0.2) is 4.68 Å². The molecule has 6 heteroatoms. The summed E-state index contributed by atoms with van der Waals surface area (Å²) in [5, 5.41) is 8.41. The van der Waals surface area contributed by atoms with Gasteiger partial charge in [-0.2, -0.15) is 0 Å². The van der Waals surface area contributed by atoms with Crippen LogP contribution in [0.15, 0.2) is 36.4 Å². The van der Waals surface area contributed by atoms with Crippen molar-refractivity contribution in [3.63, 3.8) is 0 Å². The molecule has 3 aromatic rings. The van der Waals surface area contributed by atoms with Gasteiger partial charge >= 0.3 is 0 Å². The largest absolute Gasteiger partial charge is 0.306 e. The number of rotatable bonds is 2. The summed E-state index contributed by atoms with van der Waals surface area (Å²) in [7, 11) is 2.17. The van der Waals surface area contributed by atoms with E-state index in [1.165, 1.54) is 11.1 Å². The molecule has 3 heterocycles. The number of fused-ring (bicyclic) bond motifs is 4. The van der Waals surface area contributed by atoms with E-state index in [1.807, 2.05) is 34.7 Å². The van der Waals surface area contributed by atoms with Crippen LogP contribution in [-0.2, 0) is 6.54 Å². The molecule has 2 aliphatic rings. The van der Waals surface area contributed by atoms with Crippen molar-refractivity contribution in [3.8, 4) is 0 Å². The Hall–Kier alpha value is -2.73. The fourth-order valence-electron chi connectivity index (χ4n) is 4.82. The summed E-state index contributed by atoms with van der Waals surface area (Å²) in [5.74, 6) is 0.442. The van der Waals surface area contributed by atoms with Crippen molar-refractivity contribution in [2.75, 3.05) is 25.0 Å². The maximum absolute atomic E-state index is 13.6. The normalized spacial score (nSPS) is 21.8. The molecule has 1 amide bonds. The predicted octanol–water partition coefficient (Wildman–Crippen LogP) is 3.21. The Bertz CT molecular complexity index is 1070. The third-order valence-electron chi connectivity index (χ3n) is 6.23. The van der Waals surface area contributed by atoms with Gasteiger partial charge in [-0.15, -0.1) is 5.10 Å². The van der Waals surface area contributed by atoms with Gasteiger partial charge in [0.1, 0.15) is 5.52 Å². The van der Waals surface area contributed by atoms with E-state index >= 15 is 0 Å². The molecule has 5 rings (SSSR count). The van der Waals surface area contributed by atoms with Gasteiger partial charge in [-0.05, 0) is 63.7 Å². The smallest absolute Gasteiger partial charge is 0.258 e. The molecule has 2 aliphatic heterocycles. The number of carbonyl (C=O) groups excluding carboxylic acids is 1. The van der Waals surface area contributed by atoms with E-state index in [2.05, 4.69) is 47.4 Å². The number of nitrogens with zero attached hydrogens (tertiary/aromatic N) is 5. The number of carbonyl (C=O) groups is 1. The number of likely N-dealkylation sites (tertiary alicyclic amines) is 1. The lowest BCUT2D eigenvalue weighted by atomic mass is 9.88. The van der Waals surface area contributed by atoms with Crippen LogP contribution in [0, 0.1) is 6.92 Å². The third-order valence-corrected chi connectivity index (χ3v) is 6.23. The Kier molecular flexibility index (Phi) is 3.98. The molecule has 1 saturated heterocycles. The zero-order valence-corrected chi connectivity index (χ0v) is 16.6. The monoisotopic (exact) mass is 375 g/mol. The summed E-state index contributed by atoms with van der Waals surface area (Å²) in [6.45, 7) is 6.93. The predicted molar refractivity (Wildman–Crippen MR) is 110 cm³/mol. The van der Waals surface area contributed by atoms with Gasteiger partial charge in [0.15, 0.2) is 0 Å². The first-order chi connectivity index (χ1) is 13.6. The summed E-state index contributed by atoms with van der Waals surface area (Å²) < 4.78 is 1.85. The fourth-order valence-corrected chi connectivity index (χ4v) is 4.82. The lowest BCUT2D eigenvalue weighted by Crippen LogP contribution is -2.47. The van der Waals surface area contributed by atoms with E-state index in [-0.39, 0.29) is 11.9 Å². The molecular formula is C22H25N5O. The Morgan fingerprint density at radius 1 is 1.21 bits per heavy atom. The number of anilines is 1. The van der Waals surface area contributed by atoms with Crippen molar-refractivity contribution < 1.29 is 4.79 Å². The molecule has 0 saturated carbocycles. The number of amides is 1. The van der Waals surface area contributed by atoms with E-state index in [4.69, 9.17) is 0 Å². The van der Waals surface area contributed by atoms with E-state index in [9.17, 15) is 4.79 Å². The number of benzene rings is 2.